The van der Waals surface area contributed by atoms with Crippen LogP contribution in [0, 0.1) is 6.92 Å². The Hall–Kier alpha value is -2.30. The van der Waals surface area contributed by atoms with Crippen molar-refractivity contribution in [1.29, 1.82) is 0 Å². The van der Waals surface area contributed by atoms with E-state index < -0.39 is 0 Å². The molecule has 0 fully saturated rings. The number of aliphatic imine (C=N–C) groups is 1. The first-order valence-electron chi connectivity index (χ1n) is 5.21. The zero-order valence-corrected chi connectivity index (χ0v) is 9.51. The summed E-state index contributed by atoms with van der Waals surface area (Å²) in [6, 6.07) is 5.62. The van der Waals surface area contributed by atoms with Gasteiger partial charge in [0.25, 0.3) is 0 Å². The molecule has 2 rings (SSSR count). The minimum absolute atomic E-state index is 0.00294. The molecule has 0 bridgehead atoms. The van der Waals surface area contributed by atoms with Crippen molar-refractivity contribution in [3.8, 4) is 5.75 Å². The second-order valence-electron chi connectivity index (χ2n) is 3.84. The summed E-state index contributed by atoms with van der Waals surface area (Å²) in [5.41, 5.74) is 12.8. The van der Waals surface area contributed by atoms with Gasteiger partial charge in [-0.15, -0.1) is 0 Å². The number of aryl methyl sites for hydroxylation is 1. The van der Waals surface area contributed by atoms with Gasteiger partial charge in [0, 0.05) is 17.1 Å². The number of aromatic hydroxyl groups is 1. The van der Waals surface area contributed by atoms with Gasteiger partial charge in [0.2, 0.25) is 0 Å². The smallest absolute Gasteiger partial charge is 0.186 e. The van der Waals surface area contributed by atoms with E-state index in [1.54, 1.807) is 6.20 Å². The van der Waals surface area contributed by atoms with Crippen LogP contribution in [-0.4, -0.2) is 16.1 Å². The van der Waals surface area contributed by atoms with Crippen LogP contribution in [0.3, 0.4) is 0 Å². The number of hydrogen-bond acceptors (Lipinski definition) is 3. The number of benzene rings is 1. The van der Waals surface area contributed by atoms with Crippen LogP contribution in [0.2, 0.25) is 0 Å². The number of nitrogens with zero attached hydrogens (tertiary/aromatic N) is 2. The molecule has 5 nitrogen and oxygen atoms in total. The van der Waals surface area contributed by atoms with Crippen LogP contribution in [0.15, 0.2) is 29.4 Å². The summed E-state index contributed by atoms with van der Waals surface area (Å²) in [5, 5.41) is 11.0. The fourth-order valence-electron chi connectivity index (χ4n) is 1.77. The molecule has 1 aromatic carbocycles. The Morgan fingerprint density at radius 1 is 1.47 bits per heavy atom. The summed E-state index contributed by atoms with van der Waals surface area (Å²) in [6.07, 6.45) is 1.64. The van der Waals surface area contributed by atoms with E-state index in [9.17, 15) is 5.11 Å². The summed E-state index contributed by atoms with van der Waals surface area (Å²) in [4.78, 5) is 8.06. The lowest BCUT2D eigenvalue weighted by atomic mass is 10.0. The van der Waals surface area contributed by atoms with Crippen molar-refractivity contribution in [1.82, 2.24) is 4.98 Å². The molecule has 0 spiro atoms. The molecule has 1 aromatic heterocycles. The number of pyridine rings is 1. The Kier molecular flexibility index (Phi) is 2.82. The molecular weight excluding hydrogens is 216 g/mol. The Bertz CT molecular complexity index is 588. The highest BCUT2D eigenvalue weighted by Gasteiger charge is 2.09. The van der Waals surface area contributed by atoms with E-state index in [4.69, 9.17) is 11.5 Å². The Morgan fingerprint density at radius 2 is 2.24 bits per heavy atom. The van der Waals surface area contributed by atoms with Crippen molar-refractivity contribution in [2.24, 2.45) is 16.5 Å². The molecule has 1 heterocycles. The number of guanidine groups is 1. The van der Waals surface area contributed by atoms with Gasteiger partial charge in [0.1, 0.15) is 11.3 Å². The van der Waals surface area contributed by atoms with Gasteiger partial charge in [-0.05, 0) is 24.6 Å². The third-order valence-electron chi connectivity index (χ3n) is 2.58. The quantitative estimate of drug-likeness (QED) is 0.530. The van der Waals surface area contributed by atoms with Crippen LogP contribution in [0.4, 0.5) is 0 Å². The average molecular weight is 230 g/mol. The summed E-state index contributed by atoms with van der Waals surface area (Å²) in [7, 11) is 0. The van der Waals surface area contributed by atoms with Crippen molar-refractivity contribution in [3.05, 3.63) is 35.5 Å². The maximum absolute atomic E-state index is 10.1. The third-order valence-corrected chi connectivity index (χ3v) is 2.58. The lowest BCUT2D eigenvalue weighted by molar-refractivity contribution is 0.473. The summed E-state index contributed by atoms with van der Waals surface area (Å²) in [6.45, 7) is 2.21. The molecule has 0 amide bonds. The molecule has 0 saturated carbocycles. The molecule has 0 unspecified atom stereocenters. The second kappa shape index (κ2) is 4.29. The second-order valence-corrected chi connectivity index (χ2v) is 3.84. The zero-order valence-electron chi connectivity index (χ0n) is 9.51. The Morgan fingerprint density at radius 3 is 2.94 bits per heavy atom. The normalized spacial score (nSPS) is 10.4. The number of phenolic OH excluding ortho intramolecular Hbond substituents is 1. The Balaban J connectivity index is 2.59. The fraction of sp³-hybridized carbons (Fsp3) is 0.167. The highest BCUT2D eigenvalue weighted by Crippen LogP contribution is 2.30. The summed E-state index contributed by atoms with van der Waals surface area (Å²) in [5.74, 6) is 0.138. The lowest BCUT2D eigenvalue weighted by Crippen LogP contribution is -2.22. The standard InChI is InChI=1S/C12H14N4O/c1-7-5-8(6-16-12(13)14)11(17)10-9(7)3-2-4-15-10/h2-5,17H,6H2,1H3,(H4,13,14,16). The minimum Gasteiger partial charge on any atom is -0.505 e. The number of rotatable bonds is 2. The number of aromatic nitrogens is 1. The van der Waals surface area contributed by atoms with E-state index in [0.717, 1.165) is 10.9 Å². The minimum atomic E-state index is 0.00294. The number of hydrogen-bond donors (Lipinski definition) is 3. The van der Waals surface area contributed by atoms with Gasteiger partial charge in [-0.25, -0.2) is 4.99 Å². The van der Waals surface area contributed by atoms with Crippen LogP contribution < -0.4 is 11.5 Å². The van der Waals surface area contributed by atoms with E-state index >= 15 is 0 Å². The molecule has 0 aliphatic heterocycles. The summed E-state index contributed by atoms with van der Waals surface area (Å²) < 4.78 is 0. The SMILES string of the molecule is Cc1cc(CN=C(N)N)c(O)c2ncccc12. The van der Waals surface area contributed by atoms with Gasteiger partial charge in [0.05, 0.1) is 6.54 Å². The number of fused-ring (bicyclic) bond motifs is 1. The molecule has 5 N–H and O–H groups in total. The van der Waals surface area contributed by atoms with E-state index in [0.29, 0.717) is 11.1 Å². The predicted octanol–water partition coefficient (Wildman–Crippen LogP) is 1.02. The van der Waals surface area contributed by atoms with Crippen molar-refractivity contribution in [2.45, 2.75) is 13.5 Å². The van der Waals surface area contributed by atoms with E-state index in [1.165, 1.54) is 0 Å². The van der Waals surface area contributed by atoms with Crippen molar-refractivity contribution < 1.29 is 5.11 Å². The molecule has 0 aliphatic rings. The largest absolute Gasteiger partial charge is 0.505 e. The molecule has 2 aromatic rings. The van der Waals surface area contributed by atoms with Crippen LogP contribution in [0.25, 0.3) is 10.9 Å². The predicted molar refractivity (Wildman–Crippen MR) is 67.7 cm³/mol. The van der Waals surface area contributed by atoms with Gasteiger partial charge in [-0.2, -0.15) is 0 Å². The molecule has 0 aliphatic carbocycles. The van der Waals surface area contributed by atoms with Gasteiger partial charge in [0.15, 0.2) is 5.96 Å². The monoisotopic (exact) mass is 230 g/mol. The molecular formula is C12H14N4O. The third kappa shape index (κ3) is 2.13. The molecule has 0 radical (unpaired) electrons. The zero-order chi connectivity index (χ0) is 12.4. The molecule has 0 saturated heterocycles. The highest BCUT2D eigenvalue weighted by atomic mass is 16.3. The maximum Gasteiger partial charge on any atom is 0.186 e. The highest BCUT2D eigenvalue weighted by molar-refractivity contribution is 5.88. The lowest BCUT2D eigenvalue weighted by Gasteiger charge is -2.08. The van der Waals surface area contributed by atoms with Crippen molar-refractivity contribution >= 4 is 16.9 Å². The molecule has 0 atom stereocenters. The van der Waals surface area contributed by atoms with E-state index in [1.807, 2.05) is 25.1 Å². The molecule has 88 valence electrons. The van der Waals surface area contributed by atoms with Crippen molar-refractivity contribution in [2.75, 3.05) is 0 Å². The molecule has 17 heavy (non-hydrogen) atoms. The van der Waals surface area contributed by atoms with Gasteiger partial charge in [-0.1, -0.05) is 6.07 Å². The average Bonchev–Trinajstić information content (AvgIpc) is 2.32. The molecule has 5 heteroatoms. The maximum atomic E-state index is 10.1. The fourth-order valence-corrected chi connectivity index (χ4v) is 1.77. The van der Waals surface area contributed by atoms with Gasteiger partial charge < -0.3 is 16.6 Å². The van der Waals surface area contributed by atoms with Gasteiger partial charge >= 0.3 is 0 Å². The number of nitrogens with two attached hydrogens (primary N) is 2. The summed E-state index contributed by atoms with van der Waals surface area (Å²) >= 11 is 0. The van der Waals surface area contributed by atoms with E-state index in [2.05, 4.69) is 9.98 Å². The first-order chi connectivity index (χ1) is 8.09. The Labute approximate surface area is 98.8 Å². The number of phenols is 1. The van der Waals surface area contributed by atoms with Crippen LogP contribution in [0.1, 0.15) is 11.1 Å². The van der Waals surface area contributed by atoms with Gasteiger partial charge in [-0.3, -0.25) is 4.98 Å². The van der Waals surface area contributed by atoms with Crippen LogP contribution >= 0.6 is 0 Å². The van der Waals surface area contributed by atoms with Crippen molar-refractivity contribution in [3.63, 3.8) is 0 Å². The first kappa shape index (κ1) is 11.2. The van der Waals surface area contributed by atoms with Crippen LogP contribution in [-0.2, 0) is 6.54 Å². The topological polar surface area (TPSA) is 97.5 Å². The van der Waals surface area contributed by atoms with Crippen LogP contribution in [0.5, 0.6) is 5.75 Å². The van der Waals surface area contributed by atoms with E-state index in [-0.39, 0.29) is 18.3 Å². The first-order valence-corrected chi connectivity index (χ1v) is 5.21.